The molecule has 0 aliphatic rings. The van der Waals surface area contributed by atoms with Gasteiger partial charge in [0.2, 0.25) is 17.6 Å². The van der Waals surface area contributed by atoms with E-state index in [0.717, 1.165) is 5.39 Å². The van der Waals surface area contributed by atoms with Gasteiger partial charge in [0.25, 0.3) is 5.56 Å². The molecular formula is C21H21N5O5. The van der Waals surface area contributed by atoms with Crippen LogP contribution in [0.5, 0.6) is 23.0 Å². The topological polar surface area (TPSA) is 120 Å². The number of aromatic amines is 1. The molecule has 31 heavy (non-hydrogen) atoms. The summed E-state index contributed by atoms with van der Waals surface area (Å²) in [4.78, 5) is 28.7. The molecule has 0 aliphatic heterocycles. The van der Waals surface area contributed by atoms with Gasteiger partial charge in [0, 0.05) is 5.39 Å². The van der Waals surface area contributed by atoms with E-state index in [-0.39, 0.29) is 17.5 Å². The summed E-state index contributed by atoms with van der Waals surface area (Å²) in [6.07, 6.45) is 0. The van der Waals surface area contributed by atoms with Crippen molar-refractivity contribution in [3.05, 3.63) is 40.3 Å². The molecule has 0 unspecified atom stereocenters. The van der Waals surface area contributed by atoms with E-state index in [1.807, 2.05) is 6.92 Å². The van der Waals surface area contributed by atoms with Gasteiger partial charge in [-0.15, -0.1) is 0 Å². The predicted octanol–water partition coefficient (Wildman–Crippen LogP) is 2.95. The van der Waals surface area contributed by atoms with Crippen molar-refractivity contribution >= 4 is 33.7 Å². The number of hydrogen-bond donors (Lipinski definition) is 2. The van der Waals surface area contributed by atoms with Crippen LogP contribution in [0.3, 0.4) is 0 Å². The summed E-state index contributed by atoms with van der Waals surface area (Å²) in [5.74, 6) is 2.23. The number of rotatable bonds is 6. The Morgan fingerprint density at radius 1 is 0.839 bits per heavy atom. The summed E-state index contributed by atoms with van der Waals surface area (Å²) in [7, 11) is 6.12. The first kappa shape index (κ1) is 20.2. The summed E-state index contributed by atoms with van der Waals surface area (Å²) in [5, 5.41) is 4.12. The average molecular weight is 423 g/mol. The Bertz CT molecular complexity index is 1350. The van der Waals surface area contributed by atoms with Crippen LogP contribution in [0.15, 0.2) is 29.1 Å². The lowest BCUT2D eigenvalue weighted by molar-refractivity contribution is 0.327. The Hall–Kier alpha value is -4.08. The van der Waals surface area contributed by atoms with Crippen molar-refractivity contribution in [3.63, 3.8) is 0 Å². The van der Waals surface area contributed by atoms with Crippen LogP contribution in [-0.4, -0.2) is 48.4 Å². The lowest BCUT2D eigenvalue weighted by Crippen LogP contribution is -2.13. The second-order valence-corrected chi connectivity index (χ2v) is 6.57. The van der Waals surface area contributed by atoms with E-state index in [0.29, 0.717) is 45.1 Å². The van der Waals surface area contributed by atoms with Gasteiger partial charge in [0.1, 0.15) is 16.8 Å². The molecule has 4 rings (SSSR count). The molecule has 0 saturated heterocycles. The smallest absolute Gasteiger partial charge is 0.260 e. The SMILES string of the molecule is COc1cc2c(C)nc(Nc3nc4c(OC)cccc4c(=O)[nH]3)nc2c(OC)c1OC. The molecule has 0 aliphatic carbocycles. The van der Waals surface area contributed by atoms with Crippen molar-refractivity contribution in [2.75, 3.05) is 33.8 Å². The van der Waals surface area contributed by atoms with Crippen molar-refractivity contribution in [2.24, 2.45) is 0 Å². The summed E-state index contributed by atoms with van der Waals surface area (Å²) in [6, 6.07) is 6.93. The van der Waals surface area contributed by atoms with Gasteiger partial charge in [-0.05, 0) is 25.1 Å². The third-order valence-electron chi connectivity index (χ3n) is 4.83. The molecule has 2 N–H and O–H groups in total. The maximum absolute atomic E-state index is 12.5. The van der Waals surface area contributed by atoms with E-state index in [1.165, 1.54) is 21.3 Å². The molecule has 2 heterocycles. The minimum atomic E-state index is -0.312. The molecule has 4 aromatic rings. The Morgan fingerprint density at radius 2 is 1.58 bits per heavy atom. The molecule has 160 valence electrons. The van der Waals surface area contributed by atoms with Gasteiger partial charge in [-0.3, -0.25) is 15.1 Å². The minimum Gasteiger partial charge on any atom is -0.494 e. The van der Waals surface area contributed by atoms with E-state index >= 15 is 0 Å². The third-order valence-corrected chi connectivity index (χ3v) is 4.83. The fourth-order valence-electron chi connectivity index (χ4n) is 3.40. The van der Waals surface area contributed by atoms with E-state index in [1.54, 1.807) is 31.4 Å². The summed E-state index contributed by atoms with van der Waals surface area (Å²) in [6.45, 7) is 1.83. The van der Waals surface area contributed by atoms with Gasteiger partial charge in [-0.2, -0.15) is 0 Å². The molecule has 0 radical (unpaired) electrons. The van der Waals surface area contributed by atoms with Gasteiger partial charge in [-0.1, -0.05) is 6.07 Å². The number of anilines is 2. The summed E-state index contributed by atoms with van der Waals surface area (Å²) in [5.41, 5.74) is 1.31. The van der Waals surface area contributed by atoms with Crippen LogP contribution in [0.1, 0.15) is 5.69 Å². The molecule has 0 bridgehead atoms. The van der Waals surface area contributed by atoms with Gasteiger partial charge < -0.3 is 18.9 Å². The first-order chi connectivity index (χ1) is 15.0. The first-order valence-electron chi connectivity index (χ1n) is 9.32. The zero-order chi connectivity index (χ0) is 22.1. The molecule has 10 heteroatoms. The Balaban J connectivity index is 1.87. The number of hydrogen-bond acceptors (Lipinski definition) is 9. The highest BCUT2D eigenvalue weighted by molar-refractivity contribution is 5.92. The number of fused-ring (bicyclic) bond motifs is 2. The molecule has 10 nitrogen and oxygen atoms in total. The fourth-order valence-corrected chi connectivity index (χ4v) is 3.40. The number of benzene rings is 2. The molecular weight excluding hydrogens is 402 g/mol. The van der Waals surface area contributed by atoms with Gasteiger partial charge in [-0.25, -0.2) is 15.0 Å². The molecule has 0 spiro atoms. The normalized spacial score (nSPS) is 10.9. The van der Waals surface area contributed by atoms with Crippen molar-refractivity contribution in [1.29, 1.82) is 0 Å². The van der Waals surface area contributed by atoms with Crippen LogP contribution in [0.2, 0.25) is 0 Å². The predicted molar refractivity (Wildman–Crippen MR) is 116 cm³/mol. The molecule has 2 aromatic heterocycles. The maximum atomic E-state index is 12.5. The monoisotopic (exact) mass is 423 g/mol. The summed E-state index contributed by atoms with van der Waals surface area (Å²) >= 11 is 0. The second kappa shape index (κ2) is 7.98. The van der Waals surface area contributed by atoms with Gasteiger partial charge in [0.05, 0.1) is 39.5 Å². The van der Waals surface area contributed by atoms with E-state index in [4.69, 9.17) is 18.9 Å². The zero-order valence-corrected chi connectivity index (χ0v) is 17.7. The third kappa shape index (κ3) is 3.41. The standard InChI is InChI=1S/C21H21N5O5/c1-10-12-9-14(29-3)17(30-4)18(31-5)16(12)24-20(22-10)26-21-23-15-11(19(27)25-21)7-6-8-13(15)28-2/h6-9H,1-5H3,(H2,22,23,24,25,26,27). The largest absolute Gasteiger partial charge is 0.494 e. The quantitative estimate of drug-likeness (QED) is 0.482. The van der Waals surface area contributed by atoms with Crippen LogP contribution in [-0.2, 0) is 0 Å². The van der Waals surface area contributed by atoms with E-state index < -0.39 is 0 Å². The highest BCUT2D eigenvalue weighted by Gasteiger charge is 2.20. The van der Waals surface area contributed by atoms with Crippen LogP contribution >= 0.6 is 0 Å². The lowest BCUT2D eigenvalue weighted by Gasteiger charge is -2.16. The molecule has 0 atom stereocenters. The lowest BCUT2D eigenvalue weighted by atomic mass is 10.1. The number of H-pyrrole nitrogens is 1. The van der Waals surface area contributed by atoms with Crippen LogP contribution in [0, 0.1) is 6.92 Å². The first-order valence-corrected chi connectivity index (χ1v) is 9.32. The number of nitrogens with one attached hydrogen (secondary N) is 2. The molecule has 2 aromatic carbocycles. The highest BCUT2D eigenvalue weighted by atomic mass is 16.5. The molecule has 0 amide bonds. The van der Waals surface area contributed by atoms with Gasteiger partial charge >= 0.3 is 0 Å². The molecule has 0 saturated carbocycles. The maximum Gasteiger partial charge on any atom is 0.260 e. The summed E-state index contributed by atoms with van der Waals surface area (Å²) < 4.78 is 21.7. The number of nitrogens with zero attached hydrogens (tertiary/aromatic N) is 3. The number of para-hydroxylation sites is 1. The molecule has 0 fully saturated rings. The number of aryl methyl sites for hydroxylation is 1. The second-order valence-electron chi connectivity index (χ2n) is 6.57. The van der Waals surface area contributed by atoms with Crippen LogP contribution < -0.4 is 29.8 Å². The Kier molecular flexibility index (Phi) is 5.20. The van der Waals surface area contributed by atoms with Crippen molar-refractivity contribution in [3.8, 4) is 23.0 Å². The Morgan fingerprint density at radius 3 is 2.26 bits per heavy atom. The van der Waals surface area contributed by atoms with Crippen molar-refractivity contribution < 1.29 is 18.9 Å². The van der Waals surface area contributed by atoms with Crippen molar-refractivity contribution in [1.82, 2.24) is 19.9 Å². The average Bonchev–Trinajstić information content (AvgIpc) is 2.77. The highest BCUT2D eigenvalue weighted by Crippen LogP contribution is 2.43. The number of ether oxygens (including phenoxy) is 4. The minimum absolute atomic E-state index is 0.181. The fraction of sp³-hybridized carbons (Fsp3) is 0.238. The van der Waals surface area contributed by atoms with Crippen LogP contribution in [0.25, 0.3) is 21.8 Å². The van der Waals surface area contributed by atoms with E-state index in [2.05, 4.69) is 25.3 Å². The Labute approximate surface area is 177 Å². The van der Waals surface area contributed by atoms with E-state index in [9.17, 15) is 4.79 Å². The zero-order valence-electron chi connectivity index (χ0n) is 17.7. The van der Waals surface area contributed by atoms with Crippen LogP contribution in [0.4, 0.5) is 11.9 Å². The van der Waals surface area contributed by atoms with Gasteiger partial charge in [0.15, 0.2) is 11.5 Å². The number of aromatic nitrogens is 4. The number of methoxy groups -OCH3 is 4. The van der Waals surface area contributed by atoms with Crippen molar-refractivity contribution in [2.45, 2.75) is 6.92 Å².